The van der Waals surface area contributed by atoms with Crippen LogP contribution < -0.4 is 0 Å². The van der Waals surface area contributed by atoms with Crippen LogP contribution >= 0.6 is 11.6 Å². The van der Waals surface area contributed by atoms with Gasteiger partial charge in [-0.1, -0.05) is 0 Å². The highest BCUT2D eigenvalue weighted by Crippen LogP contribution is 2.20. The maximum absolute atomic E-state index is 13.0. The van der Waals surface area contributed by atoms with E-state index in [1.807, 2.05) is 6.92 Å². The van der Waals surface area contributed by atoms with Crippen LogP contribution in [-0.2, 0) is 10.0 Å². The second-order valence-electron chi connectivity index (χ2n) is 4.31. The third kappa shape index (κ3) is 3.67. The quantitative estimate of drug-likeness (QED) is 0.783. The van der Waals surface area contributed by atoms with Gasteiger partial charge in [-0.3, -0.25) is 0 Å². The second kappa shape index (κ2) is 5.99. The zero-order valence-corrected chi connectivity index (χ0v) is 12.2. The molecule has 0 spiro atoms. The van der Waals surface area contributed by atoms with Gasteiger partial charge in [0.1, 0.15) is 5.82 Å². The predicted octanol–water partition coefficient (Wildman–Crippen LogP) is 2.77. The van der Waals surface area contributed by atoms with Gasteiger partial charge >= 0.3 is 0 Å². The summed E-state index contributed by atoms with van der Waals surface area (Å²) in [5, 5.41) is -0.0861. The predicted molar refractivity (Wildman–Crippen MR) is 70.9 cm³/mol. The van der Waals surface area contributed by atoms with Crippen LogP contribution in [0.25, 0.3) is 0 Å². The average Bonchev–Trinajstić information content (AvgIpc) is 2.24. The van der Waals surface area contributed by atoms with Crippen LogP contribution in [-0.4, -0.2) is 31.7 Å². The van der Waals surface area contributed by atoms with Gasteiger partial charge in [0.15, 0.2) is 0 Å². The Balaban J connectivity index is 2.98. The Kier molecular flexibility index (Phi) is 5.13. The minimum atomic E-state index is -3.57. The first-order valence-corrected chi connectivity index (χ1v) is 7.49. The molecule has 0 radical (unpaired) electrons. The molecule has 18 heavy (non-hydrogen) atoms. The van der Waals surface area contributed by atoms with Gasteiger partial charge in [0, 0.05) is 19.0 Å². The molecule has 0 aliphatic carbocycles. The van der Waals surface area contributed by atoms with Crippen LogP contribution in [0.1, 0.15) is 18.9 Å². The van der Waals surface area contributed by atoms with E-state index in [1.54, 1.807) is 6.92 Å². The zero-order valence-electron chi connectivity index (χ0n) is 10.7. The molecule has 0 saturated carbocycles. The standard InChI is InChI=1S/C12H17ClFNO2S/c1-9-8-11(14)4-5-12(9)18(16,17)15(3)7-6-10(2)13/h4-5,8,10H,6-7H2,1-3H3. The summed E-state index contributed by atoms with van der Waals surface area (Å²) in [4.78, 5) is 0.133. The van der Waals surface area contributed by atoms with Gasteiger partial charge in [0.2, 0.25) is 10.0 Å². The second-order valence-corrected chi connectivity index (χ2v) is 7.06. The number of aryl methyl sites for hydroxylation is 1. The van der Waals surface area contributed by atoms with Crippen LogP contribution in [0.5, 0.6) is 0 Å². The Morgan fingerprint density at radius 3 is 2.56 bits per heavy atom. The summed E-state index contributed by atoms with van der Waals surface area (Å²) in [5.74, 6) is -0.441. The van der Waals surface area contributed by atoms with Crippen LogP contribution in [0.4, 0.5) is 4.39 Å². The van der Waals surface area contributed by atoms with Crippen molar-refractivity contribution < 1.29 is 12.8 Å². The van der Waals surface area contributed by atoms with Crippen molar-refractivity contribution in [2.45, 2.75) is 30.5 Å². The van der Waals surface area contributed by atoms with Gasteiger partial charge in [-0.15, -0.1) is 11.6 Å². The highest BCUT2D eigenvalue weighted by atomic mass is 35.5. The molecule has 0 fully saturated rings. The van der Waals surface area contributed by atoms with Crippen molar-refractivity contribution in [2.24, 2.45) is 0 Å². The fourth-order valence-electron chi connectivity index (χ4n) is 1.55. The number of nitrogens with zero attached hydrogens (tertiary/aromatic N) is 1. The molecule has 0 heterocycles. The van der Waals surface area contributed by atoms with E-state index in [1.165, 1.54) is 23.5 Å². The molecule has 0 bridgehead atoms. The largest absolute Gasteiger partial charge is 0.243 e. The average molecular weight is 294 g/mol. The molecule has 1 aromatic carbocycles. The van der Waals surface area contributed by atoms with E-state index in [4.69, 9.17) is 11.6 Å². The summed E-state index contributed by atoms with van der Waals surface area (Å²) < 4.78 is 38.7. The minimum Gasteiger partial charge on any atom is -0.207 e. The number of alkyl halides is 1. The molecule has 1 rings (SSSR count). The maximum Gasteiger partial charge on any atom is 0.243 e. The maximum atomic E-state index is 13.0. The van der Waals surface area contributed by atoms with Crippen LogP contribution in [0, 0.1) is 12.7 Å². The SMILES string of the molecule is Cc1cc(F)ccc1S(=O)(=O)N(C)CCC(C)Cl. The van der Waals surface area contributed by atoms with Crippen LogP contribution in [0.15, 0.2) is 23.1 Å². The highest BCUT2D eigenvalue weighted by Gasteiger charge is 2.22. The molecule has 0 aliphatic heterocycles. The van der Waals surface area contributed by atoms with Gasteiger partial charge in [0.05, 0.1) is 4.90 Å². The molecule has 0 aliphatic rings. The molecule has 0 N–H and O–H groups in total. The zero-order chi connectivity index (χ0) is 13.9. The topological polar surface area (TPSA) is 37.4 Å². The third-order valence-electron chi connectivity index (χ3n) is 2.67. The van der Waals surface area contributed by atoms with Crippen molar-refractivity contribution in [2.75, 3.05) is 13.6 Å². The number of hydrogen-bond acceptors (Lipinski definition) is 2. The molecule has 1 aromatic rings. The van der Waals surface area contributed by atoms with E-state index < -0.39 is 15.8 Å². The lowest BCUT2D eigenvalue weighted by atomic mass is 10.2. The van der Waals surface area contributed by atoms with E-state index in [0.717, 1.165) is 6.07 Å². The fourth-order valence-corrected chi connectivity index (χ4v) is 3.03. The first-order valence-electron chi connectivity index (χ1n) is 5.61. The van der Waals surface area contributed by atoms with Crippen molar-refractivity contribution in [3.63, 3.8) is 0 Å². The van der Waals surface area contributed by atoms with Crippen molar-refractivity contribution >= 4 is 21.6 Å². The summed E-state index contributed by atoms with van der Waals surface area (Å²) in [6, 6.07) is 3.66. The highest BCUT2D eigenvalue weighted by molar-refractivity contribution is 7.89. The number of hydrogen-bond donors (Lipinski definition) is 0. The Hall–Kier alpha value is -0.650. The molecule has 3 nitrogen and oxygen atoms in total. The van der Waals surface area contributed by atoms with E-state index in [9.17, 15) is 12.8 Å². The smallest absolute Gasteiger partial charge is 0.207 e. The summed E-state index contributed by atoms with van der Waals surface area (Å²) in [6.07, 6.45) is 0.567. The van der Waals surface area contributed by atoms with Crippen LogP contribution in [0.3, 0.4) is 0 Å². The number of benzene rings is 1. The molecule has 0 amide bonds. The normalized spacial score (nSPS) is 13.9. The molecule has 102 valence electrons. The first-order chi connectivity index (χ1) is 8.25. The van der Waals surface area contributed by atoms with Crippen molar-refractivity contribution in [3.8, 4) is 0 Å². The summed E-state index contributed by atoms with van der Waals surface area (Å²) >= 11 is 5.80. The molecular weight excluding hydrogens is 277 g/mol. The molecule has 1 atom stereocenters. The summed E-state index contributed by atoms with van der Waals surface area (Å²) in [6.45, 7) is 3.73. The lowest BCUT2D eigenvalue weighted by Crippen LogP contribution is -2.29. The van der Waals surface area contributed by atoms with E-state index >= 15 is 0 Å². The van der Waals surface area contributed by atoms with E-state index in [-0.39, 0.29) is 10.3 Å². The monoisotopic (exact) mass is 293 g/mol. The van der Waals surface area contributed by atoms with Crippen molar-refractivity contribution in [1.82, 2.24) is 4.31 Å². The number of sulfonamides is 1. The number of rotatable bonds is 5. The first kappa shape index (κ1) is 15.4. The Morgan fingerprint density at radius 2 is 2.06 bits per heavy atom. The van der Waals surface area contributed by atoms with Gasteiger partial charge in [-0.05, 0) is 44.0 Å². The van der Waals surface area contributed by atoms with Crippen LogP contribution in [0.2, 0.25) is 0 Å². The molecule has 1 unspecified atom stereocenters. The van der Waals surface area contributed by atoms with Crippen molar-refractivity contribution in [3.05, 3.63) is 29.6 Å². The summed E-state index contributed by atoms with van der Waals surface area (Å²) in [7, 11) is -2.08. The van der Waals surface area contributed by atoms with Gasteiger partial charge in [-0.2, -0.15) is 0 Å². The molecule has 0 saturated heterocycles. The van der Waals surface area contributed by atoms with Gasteiger partial charge < -0.3 is 0 Å². The molecule has 0 aromatic heterocycles. The molecule has 6 heteroatoms. The Bertz CT molecular complexity index is 517. The summed E-state index contributed by atoms with van der Waals surface area (Å²) in [5.41, 5.74) is 0.403. The lowest BCUT2D eigenvalue weighted by Gasteiger charge is -2.19. The molecular formula is C12H17ClFNO2S. The third-order valence-corrected chi connectivity index (χ3v) is 4.90. The Morgan fingerprint density at radius 1 is 1.44 bits per heavy atom. The van der Waals surface area contributed by atoms with Gasteiger partial charge in [0.25, 0.3) is 0 Å². The fraction of sp³-hybridized carbons (Fsp3) is 0.500. The number of halogens is 2. The van der Waals surface area contributed by atoms with E-state index in [2.05, 4.69) is 0 Å². The Labute approximate surface area is 113 Å². The minimum absolute atomic E-state index is 0.0861. The van der Waals surface area contributed by atoms with Crippen molar-refractivity contribution in [1.29, 1.82) is 0 Å². The lowest BCUT2D eigenvalue weighted by molar-refractivity contribution is 0.460. The van der Waals surface area contributed by atoms with Gasteiger partial charge in [-0.25, -0.2) is 17.1 Å². The van der Waals surface area contributed by atoms with E-state index in [0.29, 0.717) is 18.5 Å².